The standard InChI is InChI=1S/C25H17N3O3S/c29-23(21-15-32-22(27-21)13-16-7-2-1-3-8-16)26-17-9-6-10-18(14-17)28-24(30)19-11-4-5-12-20(19)25(28)31/h1-12,14-15H,13H2,(H,26,29). The Morgan fingerprint density at radius 1 is 0.875 bits per heavy atom. The Bertz CT molecular complexity index is 1310. The van der Waals surface area contributed by atoms with Gasteiger partial charge in [0.1, 0.15) is 5.69 Å². The second kappa shape index (κ2) is 8.20. The van der Waals surface area contributed by atoms with Gasteiger partial charge >= 0.3 is 0 Å². The lowest BCUT2D eigenvalue weighted by Crippen LogP contribution is -2.29. The van der Waals surface area contributed by atoms with E-state index >= 15 is 0 Å². The number of nitrogens with one attached hydrogen (secondary N) is 1. The van der Waals surface area contributed by atoms with E-state index in [2.05, 4.69) is 10.3 Å². The van der Waals surface area contributed by atoms with Crippen LogP contribution in [0.5, 0.6) is 0 Å². The van der Waals surface area contributed by atoms with Gasteiger partial charge in [0, 0.05) is 17.5 Å². The lowest BCUT2D eigenvalue weighted by Gasteiger charge is -2.15. The molecule has 156 valence electrons. The highest BCUT2D eigenvalue weighted by molar-refractivity contribution is 7.09. The Balaban J connectivity index is 1.32. The summed E-state index contributed by atoms with van der Waals surface area (Å²) >= 11 is 1.43. The second-order valence-corrected chi connectivity index (χ2v) is 8.23. The quantitative estimate of drug-likeness (QED) is 0.454. The van der Waals surface area contributed by atoms with E-state index in [-0.39, 0.29) is 17.7 Å². The molecule has 0 bridgehead atoms. The van der Waals surface area contributed by atoms with Crippen LogP contribution < -0.4 is 10.2 Å². The molecule has 0 saturated heterocycles. The maximum atomic E-state index is 12.7. The molecule has 0 aliphatic carbocycles. The number of benzene rings is 3. The molecule has 0 fully saturated rings. The normalized spacial score (nSPS) is 12.7. The van der Waals surface area contributed by atoms with E-state index in [1.54, 1.807) is 53.9 Å². The molecule has 5 rings (SSSR count). The molecule has 4 aromatic rings. The molecular weight excluding hydrogens is 422 g/mol. The summed E-state index contributed by atoms with van der Waals surface area (Å²) in [5.74, 6) is -1.10. The smallest absolute Gasteiger partial charge is 0.275 e. The number of anilines is 2. The van der Waals surface area contributed by atoms with Crippen LogP contribution in [0.25, 0.3) is 0 Å². The third-order valence-electron chi connectivity index (χ3n) is 5.14. The Hall–Kier alpha value is -4.10. The predicted molar refractivity (Wildman–Crippen MR) is 123 cm³/mol. The fourth-order valence-corrected chi connectivity index (χ4v) is 4.42. The highest BCUT2D eigenvalue weighted by atomic mass is 32.1. The van der Waals surface area contributed by atoms with Gasteiger partial charge in [-0.2, -0.15) is 0 Å². The number of rotatable bonds is 5. The van der Waals surface area contributed by atoms with Crippen LogP contribution in [-0.2, 0) is 6.42 Å². The summed E-state index contributed by atoms with van der Waals surface area (Å²) in [6.45, 7) is 0. The molecule has 6 nitrogen and oxygen atoms in total. The third kappa shape index (κ3) is 3.70. The third-order valence-corrected chi connectivity index (χ3v) is 5.99. The number of fused-ring (bicyclic) bond motifs is 1. The Labute approximate surface area is 188 Å². The Kier molecular flexibility index (Phi) is 5.09. The van der Waals surface area contributed by atoms with E-state index < -0.39 is 0 Å². The molecule has 0 radical (unpaired) electrons. The van der Waals surface area contributed by atoms with E-state index in [1.807, 2.05) is 30.3 Å². The van der Waals surface area contributed by atoms with Gasteiger partial charge in [-0.05, 0) is 35.9 Å². The molecule has 0 unspecified atom stereocenters. The van der Waals surface area contributed by atoms with Crippen LogP contribution in [0.15, 0.2) is 84.2 Å². The molecule has 0 saturated carbocycles. The summed E-state index contributed by atoms with van der Waals surface area (Å²) in [6, 6.07) is 23.3. The zero-order valence-corrected chi connectivity index (χ0v) is 17.6. The monoisotopic (exact) mass is 439 g/mol. The van der Waals surface area contributed by atoms with E-state index in [1.165, 1.54) is 11.3 Å². The first-order valence-electron chi connectivity index (χ1n) is 9.98. The summed E-state index contributed by atoms with van der Waals surface area (Å²) in [5, 5.41) is 5.38. The average Bonchev–Trinajstić information content (AvgIpc) is 3.38. The van der Waals surface area contributed by atoms with Crippen molar-refractivity contribution in [2.45, 2.75) is 6.42 Å². The molecule has 1 aliphatic rings. The molecule has 1 aliphatic heterocycles. The lowest BCUT2D eigenvalue weighted by atomic mass is 10.1. The fraction of sp³-hybridized carbons (Fsp3) is 0.0400. The molecular formula is C25H17N3O3S. The summed E-state index contributed by atoms with van der Waals surface area (Å²) in [5.41, 5.74) is 3.08. The number of amides is 3. The van der Waals surface area contributed by atoms with Gasteiger partial charge in [0.25, 0.3) is 17.7 Å². The first-order valence-corrected chi connectivity index (χ1v) is 10.9. The van der Waals surface area contributed by atoms with Crippen molar-refractivity contribution >= 4 is 40.4 Å². The number of carbonyl (C=O) groups excluding carboxylic acids is 3. The number of thiazole rings is 1. The van der Waals surface area contributed by atoms with Crippen LogP contribution in [-0.4, -0.2) is 22.7 Å². The summed E-state index contributed by atoms with van der Waals surface area (Å²) < 4.78 is 0. The molecule has 2 heterocycles. The summed E-state index contributed by atoms with van der Waals surface area (Å²) in [4.78, 5) is 43.7. The van der Waals surface area contributed by atoms with Crippen molar-refractivity contribution < 1.29 is 14.4 Å². The topological polar surface area (TPSA) is 79.4 Å². The molecule has 0 spiro atoms. The fourth-order valence-electron chi connectivity index (χ4n) is 3.61. The van der Waals surface area contributed by atoms with Crippen LogP contribution in [0, 0.1) is 0 Å². The van der Waals surface area contributed by atoms with Gasteiger partial charge < -0.3 is 5.32 Å². The Morgan fingerprint density at radius 2 is 1.56 bits per heavy atom. The lowest BCUT2D eigenvalue weighted by molar-refractivity contribution is 0.0925. The van der Waals surface area contributed by atoms with Gasteiger partial charge in [-0.25, -0.2) is 9.88 Å². The number of hydrogen-bond acceptors (Lipinski definition) is 5. The zero-order valence-electron chi connectivity index (χ0n) is 16.8. The van der Waals surface area contributed by atoms with Crippen LogP contribution >= 0.6 is 11.3 Å². The number of aromatic nitrogens is 1. The van der Waals surface area contributed by atoms with Crippen LogP contribution in [0.1, 0.15) is 41.8 Å². The minimum atomic E-state index is -0.376. The predicted octanol–water partition coefficient (Wildman–Crippen LogP) is 4.79. The number of carbonyl (C=O) groups is 3. The highest BCUT2D eigenvalue weighted by Crippen LogP contribution is 2.30. The largest absolute Gasteiger partial charge is 0.321 e. The summed E-state index contributed by atoms with van der Waals surface area (Å²) in [7, 11) is 0. The second-order valence-electron chi connectivity index (χ2n) is 7.28. The average molecular weight is 439 g/mol. The van der Waals surface area contributed by atoms with Crippen molar-refractivity contribution in [3.8, 4) is 0 Å². The molecule has 0 atom stereocenters. The van der Waals surface area contributed by atoms with Gasteiger partial charge in [-0.15, -0.1) is 11.3 Å². The van der Waals surface area contributed by atoms with E-state index in [0.717, 1.165) is 15.5 Å². The van der Waals surface area contributed by atoms with E-state index in [0.29, 0.717) is 34.6 Å². The van der Waals surface area contributed by atoms with Crippen molar-refractivity contribution in [1.29, 1.82) is 0 Å². The molecule has 3 amide bonds. The Morgan fingerprint density at radius 3 is 2.28 bits per heavy atom. The summed E-state index contributed by atoms with van der Waals surface area (Å²) in [6.07, 6.45) is 0.661. The molecule has 3 aromatic carbocycles. The van der Waals surface area contributed by atoms with Gasteiger partial charge in [0.15, 0.2) is 0 Å². The highest BCUT2D eigenvalue weighted by Gasteiger charge is 2.36. The number of imide groups is 1. The SMILES string of the molecule is O=C(Nc1cccc(N2C(=O)c3ccccc3C2=O)c1)c1csc(Cc2ccccc2)n1. The first-order chi connectivity index (χ1) is 15.6. The minimum Gasteiger partial charge on any atom is -0.321 e. The van der Waals surface area contributed by atoms with Gasteiger partial charge in [0.05, 0.1) is 21.8 Å². The zero-order chi connectivity index (χ0) is 22.1. The van der Waals surface area contributed by atoms with Crippen LogP contribution in [0.2, 0.25) is 0 Å². The van der Waals surface area contributed by atoms with Crippen LogP contribution in [0.3, 0.4) is 0 Å². The van der Waals surface area contributed by atoms with E-state index in [4.69, 9.17) is 0 Å². The van der Waals surface area contributed by atoms with E-state index in [9.17, 15) is 14.4 Å². The molecule has 1 N–H and O–H groups in total. The maximum absolute atomic E-state index is 12.7. The van der Waals surface area contributed by atoms with Crippen molar-refractivity contribution in [3.63, 3.8) is 0 Å². The van der Waals surface area contributed by atoms with Crippen molar-refractivity contribution in [1.82, 2.24) is 4.98 Å². The van der Waals surface area contributed by atoms with Gasteiger partial charge in [-0.1, -0.05) is 48.5 Å². The van der Waals surface area contributed by atoms with Gasteiger partial charge in [0.2, 0.25) is 0 Å². The van der Waals surface area contributed by atoms with Crippen molar-refractivity contribution in [2.75, 3.05) is 10.2 Å². The van der Waals surface area contributed by atoms with Gasteiger partial charge in [-0.3, -0.25) is 14.4 Å². The van der Waals surface area contributed by atoms with Crippen molar-refractivity contribution in [2.24, 2.45) is 0 Å². The molecule has 7 heteroatoms. The molecule has 1 aromatic heterocycles. The molecule has 32 heavy (non-hydrogen) atoms. The van der Waals surface area contributed by atoms with Crippen molar-refractivity contribution in [3.05, 3.63) is 112 Å². The number of nitrogens with zero attached hydrogens (tertiary/aromatic N) is 2. The maximum Gasteiger partial charge on any atom is 0.275 e. The first kappa shape index (κ1) is 19.8. The van der Waals surface area contributed by atoms with Crippen LogP contribution in [0.4, 0.5) is 11.4 Å². The minimum absolute atomic E-state index is 0.326. The number of hydrogen-bond donors (Lipinski definition) is 1.